The zero-order valence-electron chi connectivity index (χ0n) is 17.7. The number of nitrogens with zero attached hydrogens (tertiary/aromatic N) is 2. The van der Waals surface area contributed by atoms with E-state index in [0.717, 1.165) is 38.4 Å². The molecule has 2 rings (SSSR count). The highest BCUT2D eigenvalue weighted by molar-refractivity contribution is 14.0. The minimum absolute atomic E-state index is 0. The van der Waals surface area contributed by atoms with Crippen LogP contribution in [0.5, 0.6) is 0 Å². The molecule has 1 aliphatic rings. The molecule has 0 saturated carbocycles. The molecule has 1 aromatic rings. The highest BCUT2D eigenvalue weighted by Crippen LogP contribution is 2.16. The summed E-state index contributed by atoms with van der Waals surface area (Å²) in [4.78, 5) is 6.64. The Morgan fingerprint density at radius 2 is 1.83 bits per heavy atom. The maximum Gasteiger partial charge on any atom is 0.411 e. The molecule has 0 amide bonds. The van der Waals surface area contributed by atoms with Crippen LogP contribution < -0.4 is 10.6 Å². The number of benzene rings is 1. The summed E-state index contributed by atoms with van der Waals surface area (Å²) in [6.45, 7) is 7.58. The molecule has 0 spiro atoms. The van der Waals surface area contributed by atoms with Gasteiger partial charge < -0.3 is 20.1 Å². The highest BCUT2D eigenvalue weighted by atomic mass is 127. The van der Waals surface area contributed by atoms with Gasteiger partial charge in [-0.2, -0.15) is 13.2 Å². The number of guanidine groups is 1. The zero-order valence-corrected chi connectivity index (χ0v) is 20.0. The summed E-state index contributed by atoms with van der Waals surface area (Å²) < 4.78 is 46.7. The average molecular weight is 544 g/mol. The monoisotopic (exact) mass is 544 g/mol. The SMILES string of the molecule is CN=C(NCc1cccc(COCC(F)(F)F)c1)NCC(C)(C)N1CCOCC1.I. The van der Waals surface area contributed by atoms with E-state index in [4.69, 9.17) is 9.47 Å². The van der Waals surface area contributed by atoms with Crippen molar-refractivity contribution in [1.29, 1.82) is 0 Å². The molecule has 1 aromatic carbocycles. The number of morpholine rings is 1. The van der Waals surface area contributed by atoms with E-state index in [1.807, 2.05) is 12.1 Å². The van der Waals surface area contributed by atoms with Gasteiger partial charge in [-0.25, -0.2) is 0 Å². The van der Waals surface area contributed by atoms with E-state index in [9.17, 15) is 13.2 Å². The Kier molecular flexibility index (Phi) is 11.4. The number of hydrogen-bond donors (Lipinski definition) is 2. The number of aliphatic imine (C=N–C) groups is 1. The van der Waals surface area contributed by atoms with E-state index in [2.05, 4.69) is 34.4 Å². The number of ether oxygens (including phenoxy) is 2. The molecule has 1 fully saturated rings. The smallest absolute Gasteiger partial charge is 0.379 e. The third-order valence-electron chi connectivity index (χ3n) is 4.77. The van der Waals surface area contributed by atoms with Crippen LogP contribution in [-0.4, -0.2) is 69.1 Å². The van der Waals surface area contributed by atoms with E-state index < -0.39 is 12.8 Å². The van der Waals surface area contributed by atoms with Crippen molar-refractivity contribution in [1.82, 2.24) is 15.5 Å². The molecular weight excluding hydrogens is 512 g/mol. The summed E-state index contributed by atoms with van der Waals surface area (Å²) in [5, 5.41) is 6.59. The summed E-state index contributed by atoms with van der Waals surface area (Å²) >= 11 is 0. The molecule has 0 radical (unpaired) electrons. The van der Waals surface area contributed by atoms with Crippen LogP contribution in [0.4, 0.5) is 13.2 Å². The molecule has 1 heterocycles. The van der Waals surface area contributed by atoms with Crippen LogP contribution in [-0.2, 0) is 22.6 Å². The lowest BCUT2D eigenvalue weighted by Gasteiger charge is -2.41. The second-order valence-corrected chi connectivity index (χ2v) is 7.62. The Labute approximate surface area is 193 Å². The van der Waals surface area contributed by atoms with Crippen LogP contribution in [0.1, 0.15) is 25.0 Å². The summed E-state index contributed by atoms with van der Waals surface area (Å²) in [6.07, 6.45) is -4.31. The molecule has 2 N–H and O–H groups in total. The van der Waals surface area contributed by atoms with Gasteiger partial charge >= 0.3 is 6.18 Å². The van der Waals surface area contributed by atoms with Crippen molar-refractivity contribution in [3.05, 3.63) is 35.4 Å². The Balaban J connectivity index is 0.00000450. The fourth-order valence-electron chi connectivity index (χ4n) is 3.10. The molecule has 0 aromatic heterocycles. The lowest BCUT2D eigenvalue weighted by Crippen LogP contribution is -2.56. The first-order valence-electron chi connectivity index (χ1n) is 9.69. The maximum atomic E-state index is 12.2. The lowest BCUT2D eigenvalue weighted by atomic mass is 10.0. The van der Waals surface area contributed by atoms with Gasteiger partial charge in [0, 0.05) is 38.8 Å². The van der Waals surface area contributed by atoms with Crippen molar-refractivity contribution in [3.8, 4) is 0 Å². The Morgan fingerprint density at radius 3 is 2.47 bits per heavy atom. The molecule has 0 atom stereocenters. The predicted octanol–water partition coefficient (Wildman–Crippen LogP) is 3.16. The quantitative estimate of drug-likeness (QED) is 0.299. The van der Waals surface area contributed by atoms with Crippen molar-refractivity contribution in [2.45, 2.75) is 38.7 Å². The number of rotatable bonds is 8. The fraction of sp³-hybridized carbons (Fsp3) is 0.650. The minimum Gasteiger partial charge on any atom is -0.379 e. The molecule has 0 aliphatic carbocycles. The third kappa shape index (κ3) is 9.80. The van der Waals surface area contributed by atoms with Gasteiger partial charge in [0.05, 0.1) is 19.8 Å². The second kappa shape index (κ2) is 12.7. The number of nitrogens with one attached hydrogen (secondary N) is 2. The van der Waals surface area contributed by atoms with Crippen molar-refractivity contribution < 1.29 is 22.6 Å². The van der Waals surface area contributed by atoms with Crippen molar-refractivity contribution >= 4 is 29.9 Å². The van der Waals surface area contributed by atoms with Crippen LogP contribution in [0.15, 0.2) is 29.3 Å². The van der Waals surface area contributed by atoms with Crippen molar-refractivity contribution in [3.63, 3.8) is 0 Å². The molecule has 10 heteroatoms. The van der Waals surface area contributed by atoms with Crippen LogP contribution in [0.3, 0.4) is 0 Å². The molecule has 1 aliphatic heterocycles. The van der Waals surface area contributed by atoms with E-state index in [1.165, 1.54) is 0 Å². The first-order chi connectivity index (χ1) is 13.7. The Hall–Kier alpha value is -1.11. The lowest BCUT2D eigenvalue weighted by molar-refractivity contribution is -0.176. The largest absolute Gasteiger partial charge is 0.411 e. The minimum atomic E-state index is -4.31. The van der Waals surface area contributed by atoms with E-state index in [1.54, 1.807) is 19.2 Å². The molecule has 172 valence electrons. The summed E-state index contributed by atoms with van der Waals surface area (Å²) in [6, 6.07) is 7.29. The highest BCUT2D eigenvalue weighted by Gasteiger charge is 2.28. The summed E-state index contributed by atoms with van der Waals surface area (Å²) in [7, 11) is 1.71. The number of hydrogen-bond acceptors (Lipinski definition) is 4. The summed E-state index contributed by atoms with van der Waals surface area (Å²) in [5.41, 5.74) is 1.59. The zero-order chi connectivity index (χ0) is 21.3. The van der Waals surface area contributed by atoms with Gasteiger partial charge in [0.25, 0.3) is 0 Å². The Bertz CT molecular complexity index is 666. The Morgan fingerprint density at radius 1 is 1.17 bits per heavy atom. The number of alkyl halides is 3. The van der Waals surface area contributed by atoms with Gasteiger partial charge in [-0.3, -0.25) is 9.89 Å². The van der Waals surface area contributed by atoms with Crippen molar-refractivity contribution in [2.24, 2.45) is 4.99 Å². The van der Waals surface area contributed by atoms with Gasteiger partial charge in [0.15, 0.2) is 5.96 Å². The van der Waals surface area contributed by atoms with Gasteiger partial charge in [0.2, 0.25) is 0 Å². The second-order valence-electron chi connectivity index (χ2n) is 7.62. The van der Waals surface area contributed by atoms with Crippen LogP contribution >= 0.6 is 24.0 Å². The third-order valence-corrected chi connectivity index (χ3v) is 4.77. The molecular formula is C20H32F3IN4O2. The maximum absolute atomic E-state index is 12.2. The van der Waals surface area contributed by atoms with Gasteiger partial charge in [0.1, 0.15) is 6.61 Å². The van der Waals surface area contributed by atoms with E-state index in [-0.39, 0.29) is 36.1 Å². The fourth-order valence-corrected chi connectivity index (χ4v) is 3.10. The standard InChI is InChI=1S/C20H31F3N4O2.HI/c1-19(2,27-7-9-28-10-8-27)14-26-18(24-3)25-12-16-5-4-6-17(11-16)13-29-15-20(21,22)23;/h4-6,11H,7-10,12-15H2,1-3H3,(H2,24,25,26);1H. The van der Waals surface area contributed by atoms with E-state index in [0.29, 0.717) is 18.1 Å². The molecule has 1 saturated heterocycles. The first kappa shape index (κ1) is 26.9. The van der Waals surface area contributed by atoms with Gasteiger partial charge in [-0.1, -0.05) is 24.3 Å². The molecule has 6 nitrogen and oxygen atoms in total. The predicted molar refractivity (Wildman–Crippen MR) is 122 cm³/mol. The first-order valence-corrected chi connectivity index (χ1v) is 9.69. The molecule has 0 unspecified atom stereocenters. The molecule has 30 heavy (non-hydrogen) atoms. The van der Waals surface area contributed by atoms with Crippen LogP contribution in [0.2, 0.25) is 0 Å². The van der Waals surface area contributed by atoms with Gasteiger partial charge in [-0.15, -0.1) is 24.0 Å². The summed E-state index contributed by atoms with van der Waals surface area (Å²) in [5.74, 6) is 0.671. The van der Waals surface area contributed by atoms with Crippen molar-refractivity contribution in [2.75, 3.05) is 46.5 Å². The van der Waals surface area contributed by atoms with E-state index >= 15 is 0 Å². The van der Waals surface area contributed by atoms with Crippen LogP contribution in [0.25, 0.3) is 0 Å². The average Bonchev–Trinajstić information content (AvgIpc) is 2.68. The van der Waals surface area contributed by atoms with Gasteiger partial charge in [-0.05, 0) is 25.0 Å². The topological polar surface area (TPSA) is 58.1 Å². The van der Waals surface area contributed by atoms with Crippen LogP contribution in [0, 0.1) is 0 Å². The normalized spacial score (nSPS) is 16.1. The number of halogens is 4. The molecule has 0 bridgehead atoms.